The quantitative estimate of drug-likeness (QED) is 0.629. The summed E-state index contributed by atoms with van der Waals surface area (Å²) in [6, 6.07) is 0. The van der Waals surface area contributed by atoms with Crippen molar-refractivity contribution in [2.75, 3.05) is 19.6 Å². The molecule has 1 aliphatic heterocycles. The van der Waals surface area contributed by atoms with Gasteiger partial charge in [0, 0.05) is 19.6 Å². The van der Waals surface area contributed by atoms with Gasteiger partial charge in [-0.25, -0.2) is 0 Å². The zero-order valence-electron chi connectivity index (χ0n) is 10.5. The van der Waals surface area contributed by atoms with Gasteiger partial charge in [0.1, 0.15) is 0 Å². The molecule has 1 nitrogen and oxygen atoms in total. The van der Waals surface area contributed by atoms with E-state index in [1.807, 2.05) is 0 Å². The molecule has 1 saturated heterocycles. The maximum atomic E-state index is 2.63. The van der Waals surface area contributed by atoms with Crippen LogP contribution in [0.15, 0.2) is 0 Å². The fourth-order valence-corrected chi connectivity index (χ4v) is 2.80. The van der Waals surface area contributed by atoms with E-state index in [0.29, 0.717) is 5.41 Å². The molecule has 0 aliphatic carbocycles. The van der Waals surface area contributed by atoms with Crippen molar-refractivity contribution in [2.45, 2.75) is 53.4 Å². The molecule has 0 amide bonds. The number of hydrogen-bond acceptors (Lipinski definition) is 1. The van der Waals surface area contributed by atoms with Crippen molar-refractivity contribution in [2.24, 2.45) is 11.3 Å². The lowest BCUT2D eigenvalue weighted by molar-refractivity contribution is 0.0159. The summed E-state index contributed by atoms with van der Waals surface area (Å²) in [5, 5.41) is 0. The Morgan fingerprint density at radius 1 is 1.07 bits per heavy atom. The SMILES string of the molecule is CCCC(CCC)CN1CC(C)(C)C1. The second-order valence-corrected chi connectivity index (χ2v) is 5.78. The number of rotatable bonds is 6. The molecule has 84 valence electrons. The third-order valence-corrected chi connectivity index (χ3v) is 3.21. The third kappa shape index (κ3) is 3.61. The Bertz CT molecular complexity index is 149. The van der Waals surface area contributed by atoms with E-state index in [4.69, 9.17) is 0 Å². The van der Waals surface area contributed by atoms with Crippen LogP contribution in [-0.4, -0.2) is 24.5 Å². The fourth-order valence-electron chi connectivity index (χ4n) is 2.80. The minimum Gasteiger partial charge on any atom is -0.302 e. The summed E-state index contributed by atoms with van der Waals surface area (Å²) < 4.78 is 0. The van der Waals surface area contributed by atoms with E-state index in [0.717, 1.165) is 5.92 Å². The lowest BCUT2D eigenvalue weighted by atomic mass is 9.83. The molecule has 1 fully saturated rings. The lowest BCUT2D eigenvalue weighted by Gasteiger charge is -2.47. The van der Waals surface area contributed by atoms with Gasteiger partial charge in [-0.3, -0.25) is 0 Å². The Balaban J connectivity index is 2.20. The molecule has 0 spiro atoms. The molecule has 0 radical (unpaired) electrons. The Morgan fingerprint density at radius 2 is 1.57 bits per heavy atom. The Kier molecular flexibility index (Phi) is 4.43. The number of likely N-dealkylation sites (tertiary alicyclic amines) is 1. The average Bonchev–Trinajstić information content (AvgIpc) is 2.01. The van der Waals surface area contributed by atoms with Crippen LogP contribution in [-0.2, 0) is 0 Å². The second kappa shape index (κ2) is 5.16. The average molecular weight is 197 g/mol. The predicted molar refractivity (Wildman–Crippen MR) is 63.5 cm³/mol. The summed E-state index contributed by atoms with van der Waals surface area (Å²) in [4.78, 5) is 2.63. The minimum atomic E-state index is 0.600. The van der Waals surface area contributed by atoms with Crippen molar-refractivity contribution in [1.29, 1.82) is 0 Å². The topological polar surface area (TPSA) is 3.24 Å². The summed E-state index contributed by atoms with van der Waals surface area (Å²) in [5.41, 5.74) is 0.600. The largest absolute Gasteiger partial charge is 0.302 e. The summed E-state index contributed by atoms with van der Waals surface area (Å²) in [7, 11) is 0. The smallest absolute Gasteiger partial charge is 0.00453 e. The van der Waals surface area contributed by atoms with Gasteiger partial charge in [0.25, 0.3) is 0 Å². The lowest BCUT2D eigenvalue weighted by Crippen LogP contribution is -2.54. The highest BCUT2D eigenvalue weighted by Gasteiger charge is 2.34. The zero-order valence-corrected chi connectivity index (χ0v) is 10.5. The van der Waals surface area contributed by atoms with Crippen LogP contribution in [0.3, 0.4) is 0 Å². The molecule has 0 aromatic heterocycles. The highest BCUT2D eigenvalue weighted by Crippen LogP contribution is 2.30. The van der Waals surface area contributed by atoms with Gasteiger partial charge in [-0.15, -0.1) is 0 Å². The van der Waals surface area contributed by atoms with E-state index in [9.17, 15) is 0 Å². The van der Waals surface area contributed by atoms with E-state index in [-0.39, 0.29) is 0 Å². The molecule has 1 heteroatoms. The van der Waals surface area contributed by atoms with Crippen molar-refractivity contribution < 1.29 is 0 Å². The normalized spacial score (nSPS) is 21.2. The van der Waals surface area contributed by atoms with Gasteiger partial charge in [-0.2, -0.15) is 0 Å². The van der Waals surface area contributed by atoms with E-state index >= 15 is 0 Å². The molecule has 1 heterocycles. The van der Waals surface area contributed by atoms with E-state index < -0.39 is 0 Å². The van der Waals surface area contributed by atoms with Crippen LogP contribution in [0.1, 0.15) is 53.4 Å². The Hall–Kier alpha value is -0.0400. The van der Waals surface area contributed by atoms with Crippen LogP contribution >= 0.6 is 0 Å². The summed E-state index contributed by atoms with van der Waals surface area (Å²) >= 11 is 0. The monoisotopic (exact) mass is 197 g/mol. The van der Waals surface area contributed by atoms with Crippen LogP contribution in [0.25, 0.3) is 0 Å². The number of hydrogen-bond donors (Lipinski definition) is 0. The standard InChI is InChI=1S/C13H27N/c1-5-7-12(8-6-2)9-14-10-13(3,4)11-14/h12H,5-11H2,1-4H3. The maximum absolute atomic E-state index is 2.63. The molecular formula is C13H27N. The molecule has 1 aliphatic rings. The summed E-state index contributed by atoms with van der Waals surface area (Å²) in [5.74, 6) is 0.959. The molecule has 0 N–H and O–H groups in total. The number of nitrogens with zero attached hydrogens (tertiary/aromatic N) is 1. The van der Waals surface area contributed by atoms with E-state index in [1.165, 1.54) is 45.3 Å². The molecule has 0 saturated carbocycles. The van der Waals surface area contributed by atoms with Crippen molar-refractivity contribution in [3.63, 3.8) is 0 Å². The van der Waals surface area contributed by atoms with Crippen molar-refractivity contribution >= 4 is 0 Å². The first-order chi connectivity index (χ1) is 6.57. The second-order valence-electron chi connectivity index (χ2n) is 5.78. The Labute approximate surface area is 89.9 Å². The molecule has 14 heavy (non-hydrogen) atoms. The molecular weight excluding hydrogens is 170 g/mol. The zero-order chi connectivity index (χ0) is 10.6. The molecule has 0 bridgehead atoms. The highest BCUT2D eigenvalue weighted by atomic mass is 15.2. The molecule has 0 aromatic rings. The van der Waals surface area contributed by atoms with Gasteiger partial charge in [0.2, 0.25) is 0 Å². The fraction of sp³-hybridized carbons (Fsp3) is 1.00. The van der Waals surface area contributed by atoms with Crippen molar-refractivity contribution in [1.82, 2.24) is 4.90 Å². The molecule has 1 rings (SSSR count). The van der Waals surface area contributed by atoms with Crippen molar-refractivity contribution in [3.05, 3.63) is 0 Å². The van der Waals surface area contributed by atoms with Gasteiger partial charge in [0.05, 0.1) is 0 Å². The Morgan fingerprint density at radius 3 is 1.93 bits per heavy atom. The summed E-state index contributed by atoms with van der Waals surface area (Å²) in [6.07, 6.45) is 5.54. The minimum absolute atomic E-state index is 0.600. The van der Waals surface area contributed by atoms with Crippen LogP contribution in [0.4, 0.5) is 0 Å². The van der Waals surface area contributed by atoms with E-state index in [1.54, 1.807) is 0 Å². The van der Waals surface area contributed by atoms with Crippen molar-refractivity contribution in [3.8, 4) is 0 Å². The van der Waals surface area contributed by atoms with E-state index in [2.05, 4.69) is 32.6 Å². The van der Waals surface area contributed by atoms with Gasteiger partial charge >= 0.3 is 0 Å². The maximum Gasteiger partial charge on any atom is 0.00453 e. The third-order valence-electron chi connectivity index (χ3n) is 3.21. The first kappa shape index (κ1) is 12.0. The predicted octanol–water partition coefficient (Wildman–Crippen LogP) is 3.54. The first-order valence-electron chi connectivity index (χ1n) is 6.29. The van der Waals surface area contributed by atoms with Gasteiger partial charge in [0.15, 0.2) is 0 Å². The highest BCUT2D eigenvalue weighted by molar-refractivity contribution is 4.88. The van der Waals surface area contributed by atoms with Crippen LogP contribution in [0, 0.1) is 11.3 Å². The van der Waals surface area contributed by atoms with Gasteiger partial charge < -0.3 is 4.90 Å². The van der Waals surface area contributed by atoms with Crippen LogP contribution < -0.4 is 0 Å². The molecule has 0 atom stereocenters. The van der Waals surface area contributed by atoms with Crippen LogP contribution in [0.2, 0.25) is 0 Å². The summed E-state index contributed by atoms with van der Waals surface area (Å²) in [6.45, 7) is 13.3. The van der Waals surface area contributed by atoms with Gasteiger partial charge in [-0.05, 0) is 24.2 Å². The molecule has 0 aromatic carbocycles. The van der Waals surface area contributed by atoms with Crippen LogP contribution in [0.5, 0.6) is 0 Å². The first-order valence-corrected chi connectivity index (χ1v) is 6.29. The molecule has 0 unspecified atom stereocenters. The van der Waals surface area contributed by atoms with Gasteiger partial charge in [-0.1, -0.05) is 40.5 Å².